The summed E-state index contributed by atoms with van der Waals surface area (Å²) in [4.78, 5) is 0. The Morgan fingerprint density at radius 1 is 0.913 bits per heavy atom. The predicted molar refractivity (Wildman–Crippen MR) is 99.7 cm³/mol. The standard InChI is InChI=1S/C22H36O/c1-20(2,3)16-19(21(4,5)6)17-10-12-18(13-11-17)22(23)14-8-7-9-15-22/h10-13,19,23H,7-9,14-16H2,1-6H3. The summed E-state index contributed by atoms with van der Waals surface area (Å²) < 4.78 is 0. The first-order valence-corrected chi connectivity index (χ1v) is 9.34. The molecule has 130 valence electrons. The van der Waals surface area contributed by atoms with E-state index in [4.69, 9.17) is 0 Å². The summed E-state index contributed by atoms with van der Waals surface area (Å²) in [6.07, 6.45) is 6.56. The van der Waals surface area contributed by atoms with E-state index in [1.165, 1.54) is 18.4 Å². The van der Waals surface area contributed by atoms with E-state index in [9.17, 15) is 5.11 Å². The highest BCUT2D eigenvalue weighted by molar-refractivity contribution is 5.30. The monoisotopic (exact) mass is 316 g/mol. The first kappa shape index (κ1) is 18.5. The normalized spacial score (nSPS) is 20.3. The minimum absolute atomic E-state index is 0.247. The minimum atomic E-state index is -0.585. The van der Waals surface area contributed by atoms with Crippen LogP contribution in [0.1, 0.15) is 97.1 Å². The van der Waals surface area contributed by atoms with Gasteiger partial charge in [-0.2, -0.15) is 0 Å². The van der Waals surface area contributed by atoms with Crippen molar-refractivity contribution in [2.75, 3.05) is 0 Å². The summed E-state index contributed by atoms with van der Waals surface area (Å²) >= 11 is 0. The van der Waals surface area contributed by atoms with E-state index >= 15 is 0 Å². The van der Waals surface area contributed by atoms with Crippen LogP contribution in [0, 0.1) is 10.8 Å². The third-order valence-electron chi connectivity index (χ3n) is 5.39. The van der Waals surface area contributed by atoms with Crippen molar-refractivity contribution in [2.45, 2.75) is 91.6 Å². The maximum Gasteiger partial charge on any atom is 0.0896 e. The van der Waals surface area contributed by atoms with Crippen LogP contribution in [0.5, 0.6) is 0 Å². The van der Waals surface area contributed by atoms with Crippen LogP contribution in [0.4, 0.5) is 0 Å². The predicted octanol–water partition coefficient (Wildman–Crippen LogP) is 6.40. The van der Waals surface area contributed by atoms with Crippen LogP contribution < -0.4 is 0 Å². The molecule has 1 aromatic rings. The molecule has 0 saturated heterocycles. The molecule has 1 unspecified atom stereocenters. The second-order valence-corrected chi connectivity index (χ2v) is 9.90. The fourth-order valence-electron chi connectivity index (χ4n) is 3.99. The molecular weight excluding hydrogens is 280 g/mol. The molecule has 0 amide bonds. The van der Waals surface area contributed by atoms with Crippen LogP contribution >= 0.6 is 0 Å². The first-order chi connectivity index (χ1) is 10.5. The van der Waals surface area contributed by atoms with Gasteiger partial charge in [0.25, 0.3) is 0 Å². The van der Waals surface area contributed by atoms with Crippen LogP contribution in [0.2, 0.25) is 0 Å². The van der Waals surface area contributed by atoms with Crippen molar-refractivity contribution in [3.05, 3.63) is 35.4 Å². The van der Waals surface area contributed by atoms with Crippen LogP contribution in [-0.4, -0.2) is 5.11 Å². The summed E-state index contributed by atoms with van der Waals surface area (Å²) in [5, 5.41) is 10.9. The summed E-state index contributed by atoms with van der Waals surface area (Å²) in [5.74, 6) is 0.539. The smallest absolute Gasteiger partial charge is 0.0896 e. The van der Waals surface area contributed by atoms with Gasteiger partial charge in [0.1, 0.15) is 0 Å². The molecule has 1 nitrogen and oxygen atoms in total. The van der Waals surface area contributed by atoms with Gasteiger partial charge >= 0.3 is 0 Å². The fourth-order valence-corrected chi connectivity index (χ4v) is 3.99. The number of hydrogen-bond donors (Lipinski definition) is 1. The summed E-state index contributed by atoms with van der Waals surface area (Å²) in [5.41, 5.74) is 2.51. The lowest BCUT2D eigenvalue weighted by atomic mass is 9.69. The van der Waals surface area contributed by atoms with E-state index in [0.717, 1.165) is 31.2 Å². The van der Waals surface area contributed by atoms with E-state index in [2.05, 4.69) is 65.8 Å². The Bertz CT molecular complexity index is 492. The molecule has 1 aromatic carbocycles. The van der Waals surface area contributed by atoms with Crippen LogP contribution in [0.3, 0.4) is 0 Å². The van der Waals surface area contributed by atoms with Crippen molar-refractivity contribution in [3.63, 3.8) is 0 Å². The molecule has 0 heterocycles. The molecule has 0 aliphatic heterocycles. The molecule has 2 rings (SSSR count). The SMILES string of the molecule is CC(C)(C)CC(c1ccc(C2(O)CCCCC2)cc1)C(C)(C)C. The first-order valence-electron chi connectivity index (χ1n) is 9.34. The van der Waals surface area contributed by atoms with E-state index in [1.807, 2.05) is 0 Å². The van der Waals surface area contributed by atoms with Crippen molar-refractivity contribution in [1.29, 1.82) is 0 Å². The third kappa shape index (κ3) is 4.83. The zero-order valence-corrected chi connectivity index (χ0v) is 16.1. The molecule has 1 saturated carbocycles. The number of aliphatic hydroxyl groups is 1. The van der Waals surface area contributed by atoms with Gasteiger partial charge in [0.05, 0.1) is 5.60 Å². The maximum absolute atomic E-state index is 10.9. The van der Waals surface area contributed by atoms with Crippen LogP contribution in [0.25, 0.3) is 0 Å². The second-order valence-electron chi connectivity index (χ2n) is 9.90. The van der Waals surface area contributed by atoms with Crippen LogP contribution in [0.15, 0.2) is 24.3 Å². The van der Waals surface area contributed by atoms with Gasteiger partial charge in [-0.1, -0.05) is 85.1 Å². The average Bonchev–Trinajstić information content (AvgIpc) is 2.44. The molecule has 23 heavy (non-hydrogen) atoms. The van der Waals surface area contributed by atoms with Gasteiger partial charge in [-0.3, -0.25) is 0 Å². The molecule has 0 spiro atoms. The van der Waals surface area contributed by atoms with Crippen molar-refractivity contribution >= 4 is 0 Å². The Morgan fingerprint density at radius 2 is 1.43 bits per heavy atom. The zero-order chi connectivity index (χ0) is 17.3. The van der Waals surface area contributed by atoms with Gasteiger partial charge < -0.3 is 5.11 Å². The molecule has 1 fully saturated rings. The molecule has 1 aliphatic rings. The number of rotatable bonds is 3. The van der Waals surface area contributed by atoms with Gasteiger partial charge in [-0.25, -0.2) is 0 Å². The molecule has 0 aromatic heterocycles. The van der Waals surface area contributed by atoms with E-state index < -0.39 is 5.60 Å². The molecule has 1 N–H and O–H groups in total. The molecule has 1 atom stereocenters. The van der Waals surface area contributed by atoms with Crippen LogP contribution in [-0.2, 0) is 5.60 Å². The maximum atomic E-state index is 10.9. The highest BCUT2D eigenvalue weighted by Crippen LogP contribution is 2.44. The molecule has 1 heteroatoms. The Morgan fingerprint density at radius 3 is 1.87 bits per heavy atom. The summed E-state index contributed by atoms with van der Waals surface area (Å²) in [6, 6.07) is 8.90. The Hall–Kier alpha value is -0.820. The third-order valence-corrected chi connectivity index (χ3v) is 5.39. The number of hydrogen-bond acceptors (Lipinski definition) is 1. The lowest BCUT2D eigenvalue weighted by Crippen LogP contribution is -2.28. The molecule has 0 radical (unpaired) electrons. The van der Waals surface area contributed by atoms with E-state index in [-0.39, 0.29) is 5.41 Å². The highest BCUT2D eigenvalue weighted by atomic mass is 16.3. The van der Waals surface area contributed by atoms with Gasteiger partial charge in [0.15, 0.2) is 0 Å². The van der Waals surface area contributed by atoms with E-state index in [0.29, 0.717) is 11.3 Å². The zero-order valence-electron chi connectivity index (χ0n) is 16.1. The highest BCUT2D eigenvalue weighted by Gasteiger charge is 2.33. The summed E-state index contributed by atoms with van der Waals surface area (Å²) in [7, 11) is 0. The second kappa shape index (κ2) is 6.59. The quantitative estimate of drug-likeness (QED) is 0.683. The lowest BCUT2D eigenvalue weighted by Gasteiger charge is -2.37. The van der Waals surface area contributed by atoms with Gasteiger partial charge in [-0.15, -0.1) is 0 Å². The minimum Gasteiger partial charge on any atom is -0.385 e. The number of benzene rings is 1. The van der Waals surface area contributed by atoms with E-state index in [1.54, 1.807) is 0 Å². The lowest BCUT2D eigenvalue weighted by molar-refractivity contribution is -0.000655. The Kier molecular flexibility index (Phi) is 5.31. The average molecular weight is 317 g/mol. The molecular formula is C22H36O. The molecule has 1 aliphatic carbocycles. The fraction of sp³-hybridized carbons (Fsp3) is 0.727. The van der Waals surface area contributed by atoms with Crippen molar-refractivity contribution in [2.24, 2.45) is 10.8 Å². The Labute approximate surface area is 143 Å². The van der Waals surface area contributed by atoms with Crippen molar-refractivity contribution in [3.8, 4) is 0 Å². The molecule has 0 bridgehead atoms. The van der Waals surface area contributed by atoms with Crippen molar-refractivity contribution < 1.29 is 5.11 Å². The van der Waals surface area contributed by atoms with Gasteiger partial charge in [0, 0.05) is 0 Å². The Balaban J connectivity index is 2.25. The largest absolute Gasteiger partial charge is 0.385 e. The topological polar surface area (TPSA) is 20.2 Å². The van der Waals surface area contributed by atoms with Gasteiger partial charge in [-0.05, 0) is 47.1 Å². The van der Waals surface area contributed by atoms with Gasteiger partial charge in [0.2, 0.25) is 0 Å². The van der Waals surface area contributed by atoms with Crippen molar-refractivity contribution in [1.82, 2.24) is 0 Å². The summed E-state index contributed by atoms with van der Waals surface area (Å²) in [6.45, 7) is 14.0.